The lowest BCUT2D eigenvalue weighted by Gasteiger charge is -2.37. The normalized spacial score (nSPS) is 24.6. The second kappa shape index (κ2) is 6.30. The van der Waals surface area contributed by atoms with E-state index in [1.165, 1.54) is 23.1 Å². The molecule has 2 atom stereocenters. The first-order valence-electron chi connectivity index (χ1n) is 10.1. The van der Waals surface area contributed by atoms with Gasteiger partial charge in [-0.25, -0.2) is 9.18 Å². The number of fused-ring (bicyclic) bond motifs is 2. The number of nitrogens with zero attached hydrogens (tertiary/aromatic N) is 2. The van der Waals surface area contributed by atoms with Crippen LogP contribution in [-0.4, -0.2) is 41.2 Å². The fourth-order valence-electron chi connectivity index (χ4n) is 5.12. The number of hydrogen-bond donors (Lipinski definition) is 2. The molecule has 3 fully saturated rings. The molecule has 7 heteroatoms. The number of pyridine rings is 2. The summed E-state index contributed by atoms with van der Waals surface area (Å²) in [7, 11) is 0. The summed E-state index contributed by atoms with van der Waals surface area (Å²) in [5, 5.41) is 12.9. The Bertz CT molecular complexity index is 1040. The van der Waals surface area contributed by atoms with Crippen molar-refractivity contribution in [3.05, 3.63) is 45.1 Å². The Morgan fingerprint density at radius 1 is 1.29 bits per heavy atom. The topological polar surface area (TPSA) is 74.0 Å². The zero-order chi connectivity index (χ0) is 19.6. The van der Waals surface area contributed by atoms with Gasteiger partial charge in [-0.15, -0.1) is 0 Å². The van der Waals surface area contributed by atoms with Crippen molar-refractivity contribution in [3.63, 3.8) is 0 Å². The SMILES string of the molecule is Cc1c(N2CCC3CCNC3C2)c(F)cn2c(=O)c(C(=O)O)cc(C3CC3)c12. The second-order valence-electron chi connectivity index (χ2n) is 8.41. The van der Waals surface area contributed by atoms with Crippen molar-refractivity contribution in [2.45, 2.75) is 44.6 Å². The summed E-state index contributed by atoms with van der Waals surface area (Å²) >= 11 is 0. The van der Waals surface area contributed by atoms with Gasteiger partial charge in [-0.2, -0.15) is 0 Å². The van der Waals surface area contributed by atoms with Gasteiger partial charge in [0.2, 0.25) is 0 Å². The van der Waals surface area contributed by atoms with Crippen molar-refractivity contribution in [1.82, 2.24) is 9.72 Å². The summed E-state index contributed by atoms with van der Waals surface area (Å²) in [6, 6.07) is 1.89. The van der Waals surface area contributed by atoms with E-state index in [9.17, 15) is 14.7 Å². The van der Waals surface area contributed by atoms with Crippen molar-refractivity contribution >= 4 is 17.2 Å². The van der Waals surface area contributed by atoms with Gasteiger partial charge in [0.15, 0.2) is 5.82 Å². The molecule has 1 aliphatic carbocycles. The Kier molecular flexibility index (Phi) is 3.98. The van der Waals surface area contributed by atoms with E-state index in [1.807, 2.05) is 6.92 Å². The molecule has 1 saturated carbocycles. The molecule has 0 bridgehead atoms. The summed E-state index contributed by atoms with van der Waals surface area (Å²) in [6.45, 7) is 4.43. The summed E-state index contributed by atoms with van der Waals surface area (Å²) < 4.78 is 16.4. The number of piperidine rings is 1. The Labute approximate surface area is 162 Å². The molecule has 5 rings (SSSR count). The molecule has 28 heavy (non-hydrogen) atoms. The van der Waals surface area contributed by atoms with Crippen LogP contribution in [0, 0.1) is 18.7 Å². The van der Waals surface area contributed by atoms with E-state index in [0.29, 0.717) is 23.2 Å². The quantitative estimate of drug-likeness (QED) is 0.849. The van der Waals surface area contributed by atoms with E-state index < -0.39 is 17.3 Å². The lowest BCUT2D eigenvalue weighted by Crippen LogP contribution is -2.47. The molecule has 6 nitrogen and oxygen atoms in total. The fraction of sp³-hybridized carbons (Fsp3) is 0.524. The molecule has 148 valence electrons. The molecule has 2 aromatic rings. The summed E-state index contributed by atoms with van der Waals surface area (Å²) in [5.41, 5.74) is 1.85. The zero-order valence-electron chi connectivity index (χ0n) is 15.9. The molecular weight excluding hydrogens is 361 g/mol. The number of carboxylic acids is 1. The Morgan fingerprint density at radius 3 is 2.79 bits per heavy atom. The van der Waals surface area contributed by atoms with Gasteiger partial charge in [0.1, 0.15) is 5.56 Å². The van der Waals surface area contributed by atoms with E-state index in [0.717, 1.165) is 50.0 Å². The van der Waals surface area contributed by atoms with Crippen LogP contribution in [0.2, 0.25) is 0 Å². The van der Waals surface area contributed by atoms with Crippen LogP contribution in [0.4, 0.5) is 10.1 Å². The molecule has 0 aromatic carbocycles. The smallest absolute Gasteiger partial charge is 0.341 e. The van der Waals surface area contributed by atoms with Crippen LogP contribution in [0.25, 0.3) is 5.52 Å². The van der Waals surface area contributed by atoms with Crippen molar-refractivity contribution in [3.8, 4) is 0 Å². The van der Waals surface area contributed by atoms with Gasteiger partial charge in [0.25, 0.3) is 5.56 Å². The third-order valence-electron chi connectivity index (χ3n) is 6.68. The molecule has 0 radical (unpaired) electrons. The third-order valence-corrected chi connectivity index (χ3v) is 6.68. The largest absolute Gasteiger partial charge is 0.477 e. The van der Waals surface area contributed by atoms with Gasteiger partial charge >= 0.3 is 5.97 Å². The van der Waals surface area contributed by atoms with Crippen LogP contribution in [0.3, 0.4) is 0 Å². The number of aromatic nitrogens is 1. The average Bonchev–Trinajstić information content (AvgIpc) is 3.39. The molecule has 2 aliphatic heterocycles. The van der Waals surface area contributed by atoms with Crippen LogP contribution in [0.15, 0.2) is 17.1 Å². The lowest BCUT2D eigenvalue weighted by atomic mass is 9.91. The van der Waals surface area contributed by atoms with Crippen molar-refractivity contribution in [1.29, 1.82) is 0 Å². The van der Waals surface area contributed by atoms with Gasteiger partial charge in [-0.1, -0.05) is 0 Å². The number of aryl methyl sites for hydroxylation is 1. The number of carboxylic acid groups (broad SMARTS) is 1. The fourth-order valence-corrected chi connectivity index (χ4v) is 5.12. The first-order chi connectivity index (χ1) is 13.5. The minimum atomic E-state index is -1.27. The van der Waals surface area contributed by atoms with Crippen LogP contribution >= 0.6 is 0 Å². The Hall–Kier alpha value is -2.41. The standard InChI is InChI=1S/C21H24FN3O3/c1-11-18-14(12-2-3-12)8-15(21(27)28)20(26)25(18)9-16(22)19(11)24-7-5-13-4-6-23-17(13)10-24/h8-9,12-13,17,23H,2-7,10H2,1H3,(H,27,28). The molecule has 2 unspecified atom stereocenters. The number of carbonyl (C=O) groups is 1. The maximum Gasteiger partial charge on any atom is 0.341 e. The first kappa shape index (κ1) is 17.7. The number of aromatic carboxylic acids is 1. The van der Waals surface area contributed by atoms with E-state index >= 15 is 4.39 Å². The van der Waals surface area contributed by atoms with Crippen LogP contribution < -0.4 is 15.8 Å². The van der Waals surface area contributed by atoms with Crippen molar-refractivity contribution in [2.24, 2.45) is 5.92 Å². The predicted octanol–water partition coefficient (Wildman–Crippen LogP) is 2.51. The molecule has 0 spiro atoms. The highest BCUT2D eigenvalue weighted by atomic mass is 19.1. The first-order valence-corrected chi connectivity index (χ1v) is 10.1. The van der Waals surface area contributed by atoms with Gasteiger partial charge in [0, 0.05) is 19.1 Å². The van der Waals surface area contributed by atoms with E-state index in [2.05, 4.69) is 10.2 Å². The Balaban J connectivity index is 1.69. The minimum Gasteiger partial charge on any atom is -0.477 e. The number of anilines is 1. The van der Waals surface area contributed by atoms with Gasteiger partial charge < -0.3 is 15.3 Å². The molecule has 0 amide bonds. The number of rotatable bonds is 3. The monoisotopic (exact) mass is 385 g/mol. The van der Waals surface area contributed by atoms with Gasteiger partial charge in [0.05, 0.1) is 17.4 Å². The predicted molar refractivity (Wildman–Crippen MR) is 104 cm³/mol. The Morgan fingerprint density at radius 2 is 2.07 bits per heavy atom. The van der Waals surface area contributed by atoms with Crippen LogP contribution in [-0.2, 0) is 0 Å². The maximum atomic E-state index is 15.2. The molecule has 2 aromatic heterocycles. The highest BCUT2D eigenvalue weighted by Crippen LogP contribution is 2.44. The second-order valence-corrected chi connectivity index (χ2v) is 8.41. The molecule has 2 N–H and O–H groups in total. The number of nitrogens with one attached hydrogen (secondary N) is 1. The zero-order valence-corrected chi connectivity index (χ0v) is 15.9. The highest BCUT2D eigenvalue weighted by Gasteiger charge is 2.35. The lowest BCUT2D eigenvalue weighted by molar-refractivity contribution is 0.0694. The minimum absolute atomic E-state index is 0.243. The van der Waals surface area contributed by atoms with Gasteiger partial charge in [-0.05, 0) is 68.2 Å². The molecule has 4 heterocycles. The van der Waals surface area contributed by atoms with Crippen LogP contribution in [0.1, 0.15) is 53.1 Å². The molecule has 2 saturated heterocycles. The summed E-state index contributed by atoms with van der Waals surface area (Å²) in [4.78, 5) is 26.3. The average molecular weight is 385 g/mol. The third kappa shape index (κ3) is 2.64. The van der Waals surface area contributed by atoms with Crippen molar-refractivity contribution in [2.75, 3.05) is 24.5 Å². The highest BCUT2D eigenvalue weighted by molar-refractivity contribution is 5.89. The maximum absolute atomic E-state index is 15.2. The van der Waals surface area contributed by atoms with E-state index in [1.54, 1.807) is 0 Å². The van der Waals surface area contributed by atoms with E-state index in [4.69, 9.17) is 0 Å². The summed E-state index contributed by atoms with van der Waals surface area (Å²) in [5.74, 6) is -0.832. The van der Waals surface area contributed by atoms with Crippen LogP contribution in [0.5, 0.6) is 0 Å². The summed E-state index contributed by atoms with van der Waals surface area (Å²) in [6.07, 6.45) is 5.33. The molecule has 3 aliphatic rings. The molecular formula is C21H24FN3O3. The number of hydrogen-bond acceptors (Lipinski definition) is 4. The van der Waals surface area contributed by atoms with Crippen molar-refractivity contribution < 1.29 is 14.3 Å². The van der Waals surface area contributed by atoms with E-state index in [-0.39, 0.29) is 11.5 Å². The number of halogens is 1. The van der Waals surface area contributed by atoms with Gasteiger partial charge in [-0.3, -0.25) is 9.20 Å².